The van der Waals surface area contributed by atoms with Crippen molar-refractivity contribution in [3.05, 3.63) is 53.9 Å². The molecule has 1 unspecified atom stereocenters. The molecule has 7 nitrogen and oxygen atoms in total. The monoisotopic (exact) mass is 433 g/mol. The van der Waals surface area contributed by atoms with Gasteiger partial charge in [-0.2, -0.15) is 20.3 Å². The number of aryl methyl sites for hydroxylation is 2. The van der Waals surface area contributed by atoms with E-state index in [2.05, 4.69) is 26.1 Å². The van der Waals surface area contributed by atoms with E-state index in [4.69, 9.17) is 10.1 Å². The van der Waals surface area contributed by atoms with Gasteiger partial charge in [-0.15, -0.1) is 0 Å². The van der Waals surface area contributed by atoms with Gasteiger partial charge in [-0.3, -0.25) is 0 Å². The molecule has 2 aromatic heterocycles. The van der Waals surface area contributed by atoms with Crippen LogP contribution in [0.4, 0.5) is 21.7 Å². The molecular weight excluding hydrogens is 405 g/mol. The highest BCUT2D eigenvalue weighted by Crippen LogP contribution is 2.44. The average molecular weight is 434 g/mol. The van der Waals surface area contributed by atoms with Crippen LogP contribution in [0.25, 0.3) is 0 Å². The molecule has 1 aliphatic carbocycles. The van der Waals surface area contributed by atoms with Crippen LogP contribution >= 0.6 is 0 Å². The first-order valence-corrected chi connectivity index (χ1v) is 11.6. The number of anilines is 3. The molecule has 0 radical (unpaired) electrons. The molecule has 3 aliphatic rings. The maximum atomic E-state index is 13.4. The molecule has 0 N–H and O–H groups in total. The molecule has 32 heavy (non-hydrogen) atoms. The van der Waals surface area contributed by atoms with Crippen molar-refractivity contribution in [2.24, 2.45) is 17.8 Å². The highest BCUT2D eigenvalue weighted by Gasteiger charge is 2.42. The topological polar surface area (TPSA) is 63.0 Å². The molecule has 3 aromatic rings. The van der Waals surface area contributed by atoms with Crippen LogP contribution in [0.5, 0.6) is 0 Å². The Kier molecular flexibility index (Phi) is 4.81. The summed E-state index contributed by atoms with van der Waals surface area (Å²) < 4.78 is 15.4. The smallest absolute Gasteiger partial charge is 0.228 e. The molecule has 3 atom stereocenters. The Morgan fingerprint density at radius 2 is 1.81 bits per heavy atom. The van der Waals surface area contributed by atoms with Gasteiger partial charge in [0.25, 0.3) is 0 Å². The maximum absolute atomic E-state index is 13.4. The minimum absolute atomic E-state index is 0.215. The summed E-state index contributed by atoms with van der Waals surface area (Å²) in [5.41, 5.74) is 3.13. The first kappa shape index (κ1) is 19.6. The van der Waals surface area contributed by atoms with Crippen molar-refractivity contribution in [2.45, 2.75) is 39.2 Å². The third kappa shape index (κ3) is 3.51. The summed E-state index contributed by atoms with van der Waals surface area (Å²) in [4.78, 5) is 9.61. The standard InChI is InChI=1S/C24H28FN7/c1-16-11-21(13-26-28-16)30-14-17-3-4-18(15-30)22(17)12-23-27-24-31(9-2-10-32(24)29-23)20-7-5-19(25)6-8-20/h5-8,11,13,17-18,22H,2-4,9-10,12,14-15H2,1H3/t17-,18+,22?. The molecule has 1 aromatic carbocycles. The van der Waals surface area contributed by atoms with E-state index in [1.807, 2.05) is 29.9 Å². The molecule has 2 bridgehead atoms. The largest absolute Gasteiger partial charge is 0.370 e. The van der Waals surface area contributed by atoms with Crippen molar-refractivity contribution < 1.29 is 4.39 Å². The van der Waals surface area contributed by atoms with Gasteiger partial charge in [-0.1, -0.05) is 0 Å². The van der Waals surface area contributed by atoms with Gasteiger partial charge >= 0.3 is 0 Å². The van der Waals surface area contributed by atoms with Crippen LogP contribution in [0.15, 0.2) is 36.5 Å². The van der Waals surface area contributed by atoms with Crippen LogP contribution in [0.2, 0.25) is 0 Å². The Hall–Kier alpha value is -3.03. The molecule has 1 saturated carbocycles. The molecule has 8 heteroatoms. The number of halogens is 1. The third-order valence-electron chi connectivity index (χ3n) is 7.40. The van der Waals surface area contributed by atoms with Crippen molar-refractivity contribution in [2.75, 3.05) is 29.4 Å². The highest BCUT2D eigenvalue weighted by molar-refractivity contribution is 5.58. The normalized spacial score (nSPS) is 24.6. The van der Waals surface area contributed by atoms with Gasteiger partial charge in [0.15, 0.2) is 5.82 Å². The summed E-state index contributed by atoms with van der Waals surface area (Å²) in [6, 6.07) is 8.81. The minimum Gasteiger partial charge on any atom is -0.370 e. The summed E-state index contributed by atoms with van der Waals surface area (Å²) in [6.45, 7) is 5.91. The Morgan fingerprint density at radius 3 is 2.56 bits per heavy atom. The third-order valence-corrected chi connectivity index (χ3v) is 7.40. The summed E-state index contributed by atoms with van der Waals surface area (Å²) in [7, 11) is 0. The second-order valence-corrected chi connectivity index (χ2v) is 9.46. The lowest BCUT2D eigenvalue weighted by Gasteiger charge is -2.39. The minimum atomic E-state index is -0.215. The molecule has 4 heterocycles. The van der Waals surface area contributed by atoms with Crippen LogP contribution in [0.1, 0.15) is 30.8 Å². The second kappa shape index (κ2) is 7.83. The van der Waals surface area contributed by atoms with Crippen LogP contribution in [-0.2, 0) is 13.0 Å². The Morgan fingerprint density at radius 1 is 1.03 bits per heavy atom. The number of hydrogen-bond donors (Lipinski definition) is 0. The zero-order chi connectivity index (χ0) is 21.7. The number of piperidine rings is 1. The van der Waals surface area contributed by atoms with Gasteiger partial charge in [-0.05, 0) is 74.3 Å². The summed E-state index contributed by atoms with van der Waals surface area (Å²) in [5, 5.41) is 13.1. The molecule has 2 fully saturated rings. The zero-order valence-corrected chi connectivity index (χ0v) is 18.4. The molecular formula is C24H28FN7. The Balaban J connectivity index is 1.20. The van der Waals surface area contributed by atoms with Crippen LogP contribution in [0, 0.1) is 30.5 Å². The second-order valence-electron chi connectivity index (χ2n) is 9.46. The summed E-state index contributed by atoms with van der Waals surface area (Å²) in [6.07, 6.45) is 6.39. The van der Waals surface area contributed by atoms with Crippen molar-refractivity contribution in [3.8, 4) is 0 Å². The van der Waals surface area contributed by atoms with E-state index in [-0.39, 0.29) is 5.82 Å². The fourth-order valence-electron chi connectivity index (χ4n) is 5.88. The number of benzene rings is 1. The predicted molar refractivity (Wildman–Crippen MR) is 120 cm³/mol. The Bertz CT molecular complexity index is 1100. The quantitative estimate of drug-likeness (QED) is 0.624. The fourth-order valence-corrected chi connectivity index (χ4v) is 5.88. The van der Waals surface area contributed by atoms with Crippen molar-refractivity contribution in [1.29, 1.82) is 0 Å². The van der Waals surface area contributed by atoms with Gasteiger partial charge in [0.2, 0.25) is 5.95 Å². The van der Waals surface area contributed by atoms with E-state index in [0.717, 1.165) is 62.2 Å². The molecule has 0 amide bonds. The van der Waals surface area contributed by atoms with Gasteiger partial charge in [-0.25, -0.2) is 9.07 Å². The van der Waals surface area contributed by atoms with E-state index in [1.54, 1.807) is 0 Å². The summed E-state index contributed by atoms with van der Waals surface area (Å²) in [5.74, 6) is 3.58. The predicted octanol–water partition coefficient (Wildman–Crippen LogP) is 3.76. The van der Waals surface area contributed by atoms with E-state index >= 15 is 0 Å². The lowest BCUT2D eigenvalue weighted by Crippen LogP contribution is -2.43. The average Bonchev–Trinajstić information content (AvgIpc) is 3.30. The van der Waals surface area contributed by atoms with Crippen molar-refractivity contribution in [3.63, 3.8) is 0 Å². The van der Waals surface area contributed by atoms with Crippen molar-refractivity contribution >= 4 is 17.3 Å². The number of nitrogens with zero attached hydrogens (tertiary/aromatic N) is 7. The molecule has 1 saturated heterocycles. The first-order valence-electron chi connectivity index (χ1n) is 11.6. The van der Waals surface area contributed by atoms with Crippen LogP contribution in [-0.4, -0.2) is 44.6 Å². The SMILES string of the molecule is Cc1cc(N2C[C@H]3CC[C@@H](C2)C3Cc2nc3n(n2)CCCN3c2ccc(F)cc2)cnn1. The zero-order valence-electron chi connectivity index (χ0n) is 18.4. The molecule has 166 valence electrons. The maximum Gasteiger partial charge on any atom is 0.228 e. The van der Waals surface area contributed by atoms with Crippen LogP contribution < -0.4 is 9.80 Å². The van der Waals surface area contributed by atoms with Gasteiger partial charge in [0, 0.05) is 38.3 Å². The van der Waals surface area contributed by atoms with Crippen LogP contribution in [0.3, 0.4) is 0 Å². The number of aromatic nitrogens is 5. The van der Waals surface area contributed by atoms with Gasteiger partial charge in [0.05, 0.1) is 17.6 Å². The number of fused-ring (bicyclic) bond motifs is 3. The lowest BCUT2D eigenvalue weighted by molar-refractivity contribution is 0.265. The molecule has 0 spiro atoms. The number of rotatable bonds is 4. The Labute approximate surface area is 187 Å². The first-order chi connectivity index (χ1) is 15.6. The lowest BCUT2D eigenvalue weighted by atomic mass is 9.82. The molecule has 6 rings (SSSR count). The van der Waals surface area contributed by atoms with Gasteiger partial charge in [0.1, 0.15) is 5.82 Å². The van der Waals surface area contributed by atoms with E-state index in [9.17, 15) is 4.39 Å². The van der Waals surface area contributed by atoms with E-state index < -0.39 is 0 Å². The van der Waals surface area contributed by atoms with Crippen molar-refractivity contribution in [1.82, 2.24) is 25.0 Å². The van der Waals surface area contributed by atoms with E-state index in [0.29, 0.717) is 17.8 Å². The fraction of sp³-hybridized carbons (Fsp3) is 0.500. The molecule has 2 aliphatic heterocycles. The number of hydrogen-bond acceptors (Lipinski definition) is 6. The van der Waals surface area contributed by atoms with E-state index in [1.165, 1.54) is 30.7 Å². The summed E-state index contributed by atoms with van der Waals surface area (Å²) >= 11 is 0. The van der Waals surface area contributed by atoms with Gasteiger partial charge < -0.3 is 9.80 Å². The highest BCUT2D eigenvalue weighted by atomic mass is 19.1.